The molecule has 0 aromatic heterocycles. The number of amides is 2. The summed E-state index contributed by atoms with van der Waals surface area (Å²) in [4.78, 5) is 22.4. The van der Waals surface area contributed by atoms with Gasteiger partial charge in [-0.3, -0.25) is 14.9 Å². The van der Waals surface area contributed by atoms with Gasteiger partial charge in [0.2, 0.25) is 21.8 Å². The standard InChI is InChI=1S/C9H16N2O4S/c1-3-4-5-16(14,15)11-6-8(12)10-9(13)7(11)2/h7H,3-6H2,1-2H3,(H,10,12,13). The zero-order valence-electron chi connectivity index (χ0n) is 9.39. The van der Waals surface area contributed by atoms with E-state index in [1.54, 1.807) is 0 Å². The molecule has 0 radical (unpaired) electrons. The van der Waals surface area contributed by atoms with Crippen molar-refractivity contribution in [2.24, 2.45) is 0 Å². The summed E-state index contributed by atoms with van der Waals surface area (Å²) in [6.45, 7) is 3.09. The van der Waals surface area contributed by atoms with Crippen molar-refractivity contribution in [1.29, 1.82) is 0 Å². The molecule has 0 aromatic carbocycles. The van der Waals surface area contributed by atoms with Crippen LogP contribution in [0.15, 0.2) is 0 Å². The SMILES string of the molecule is CCCCS(=O)(=O)N1CC(=O)NC(=O)C1C. The second-order valence-corrected chi connectivity index (χ2v) is 5.84. The minimum absolute atomic E-state index is 0.0194. The molecular weight excluding hydrogens is 232 g/mol. The highest BCUT2D eigenvalue weighted by atomic mass is 32.2. The van der Waals surface area contributed by atoms with Crippen LogP contribution in [0.4, 0.5) is 0 Å². The predicted molar refractivity (Wildman–Crippen MR) is 58.0 cm³/mol. The maximum atomic E-state index is 11.8. The molecule has 0 aromatic rings. The number of carbonyl (C=O) groups is 2. The first-order chi connectivity index (χ1) is 7.38. The molecule has 0 aliphatic carbocycles. The summed E-state index contributed by atoms with van der Waals surface area (Å²) in [7, 11) is -3.51. The Hall–Kier alpha value is -0.950. The first-order valence-corrected chi connectivity index (χ1v) is 6.82. The van der Waals surface area contributed by atoms with Crippen molar-refractivity contribution < 1.29 is 18.0 Å². The van der Waals surface area contributed by atoms with Crippen LogP contribution >= 0.6 is 0 Å². The number of rotatable bonds is 4. The number of hydrogen-bond donors (Lipinski definition) is 1. The van der Waals surface area contributed by atoms with E-state index in [1.165, 1.54) is 6.92 Å². The minimum atomic E-state index is -3.51. The van der Waals surface area contributed by atoms with Crippen molar-refractivity contribution >= 4 is 21.8 Å². The lowest BCUT2D eigenvalue weighted by atomic mass is 10.2. The van der Waals surface area contributed by atoms with Crippen molar-refractivity contribution in [3.8, 4) is 0 Å². The van der Waals surface area contributed by atoms with E-state index in [0.717, 1.165) is 10.7 Å². The van der Waals surface area contributed by atoms with E-state index < -0.39 is 27.9 Å². The lowest BCUT2D eigenvalue weighted by Gasteiger charge is -2.30. The number of piperazine rings is 1. The fourth-order valence-electron chi connectivity index (χ4n) is 1.47. The number of hydrogen-bond acceptors (Lipinski definition) is 4. The first kappa shape index (κ1) is 13.1. The average Bonchev–Trinajstić information content (AvgIpc) is 2.20. The zero-order valence-corrected chi connectivity index (χ0v) is 10.2. The quantitative estimate of drug-likeness (QED) is 0.677. The van der Waals surface area contributed by atoms with Crippen LogP contribution in [0.25, 0.3) is 0 Å². The van der Waals surface area contributed by atoms with Crippen LogP contribution in [-0.2, 0) is 19.6 Å². The molecule has 16 heavy (non-hydrogen) atoms. The Morgan fingerprint density at radius 1 is 1.44 bits per heavy atom. The van der Waals surface area contributed by atoms with E-state index in [0.29, 0.717) is 6.42 Å². The number of carbonyl (C=O) groups excluding carboxylic acids is 2. The lowest BCUT2D eigenvalue weighted by Crippen LogP contribution is -2.58. The van der Waals surface area contributed by atoms with E-state index in [1.807, 2.05) is 6.92 Å². The van der Waals surface area contributed by atoms with Crippen LogP contribution in [0, 0.1) is 0 Å². The summed E-state index contributed by atoms with van der Waals surface area (Å²) < 4.78 is 24.7. The molecule has 1 heterocycles. The number of imide groups is 1. The van der Waals surface area contributed by atoms with Gasteiger partial charge < -0.3 is 0 Å². The molecule has 1 aliphatic heterocycles. The Morgan fingerprint density at radius 2 is 2.06 bits per heavy atom. The van der Waals surface area contributed by atoms with Crippen LogP contribution < -0.4 is 5.32 Å². The topological polar surface area (TPSA) is 83.6 Å². The molecule has 0 spiro atoms. The first-order valence-electron chi connectivity index (χ1n) is 5.21. The average molecular weight is 248 g/mol. The molecule has 1 fully saturated rings. The van der Waals surface area contributed by atoms with Crippen molar-refractivity contribution in [3.63, 3.8) is 0 Å². The molecule has 0 bridgehead atoms. The monoisotopic (exact) mass is 248 g/mol. The number of nitrogens with one attached hydrogen (secondary N) is 1. The zero-order chi connectivity index (χ0) is 12.3. The van der Waals surface area contributed by atoms with E-state index >= 15 is 0 Å². The fraction of sp³-hybridized carbons (Fsp3) is 0.778. The largest absolute Gasteiger partial charge is 0.294 e. The van der Waals surface area contributed by atoms with Gasteiger partial charge in [0.15, 0.2) is 0 Å². The summed E-state index contributed by atoms with van der Waals surface area (Å²) in [5.74, 6) is -1.14. The summed E-state index contributed by atoms with van der Waals surface area (Å²) in [6, 6.07) is -0.806. The third-order valence-electron chi connectivity index (χ3n) is 2.49. The third kappa shape index (κ3) is 2.79. The highest BCUT2D eigenvalue weighted by Gasteiger charge is 2.37. The molecule has 1 rings (SSSR count). The van der Waals surface area contributed by atoms with Crippen LogP contribution in [-0.4, -0.2) is 42.9 Å². The lowest BCUT2D eigenvalue weighted by molar-refractivity contribution is -0.136. The molecule has 92 valence electrons. The Bertz CT molecular complexity index is 390. The van der Waals surface area contributed by atoms with Gasteiger partial charge in [0.1, 0.15) is 6.04 Å². The van der Waals surface area contributed by atoms with Gasteiger partial charge in [0.05, 0.1) is 12.3 Å². The normalized spacial score (nSPS) is 23.2. The van der Waals surface area contributed by atoms with E-state index in [4.69, 9.17) is 0 Å². The number of unbranched alkanes of at least 4 members (excludes halogenated alkanes) is 1. The molecule has 2 amide bonds. The Morgan fingerprint density at radius 3 is 2.62 bits per heavy atom. The Kier molecular flexibility index (Phi) is 4.03. The maximum Gasteiger partial charge on any atom is 0.244 e. The van der Waals surface area contributed by atoms with Crippen molar-refractivity contribution in [1.82, 2.24) is 9.62 Å². The van der Waals surface area contributed by atoms with Crippen LogP contribution in [0.5, 0.6) is 0 Å². The summed E-state index contributed by atoms with van der Waals surface area (Å²) in [5, 5.41) is 2.10. The molecule has 1 aliphatic rings. The summed E-state index contributed by atoms with van der Waals surface area (Å²) in [5.41, 5.74) is 0. The molecule has 1 saturated heterocycles. The number of nitrogens with zero attached hydrogens (tertiary/aromatic N) is 1. The van der Waals surface area contributed by atoms with Gasteiger partial charge in [-0.1, -0.05) is 13.3 Å². The molecule has 7 heteroatoms. The highest BCUT2D eigenvalue weighted by Crippen LogP contribution is 2.12. The Balaban J connectivity index is 2.85. The number of sulfonamides is 1. The van der Waals surface area contributed by atoms with Gasteiger partial charge >= 0.3 is 0 Å². The van der Waals surface area contributed by atoms with Gasteiger partial charge in [-0.25, -0.2) is 8.42 Å². The highest BCUT2D eigenvalue weighted by molar-refractivity contribution is 7.89. The van der Waals surface area contributed by atoms with Crippen LogP contribution in [0.2, 0.25) is 0 Å². The van der Waals surface area contributed by atoms with Gasteiger partial charge in [-0.05, 0) is 13.3 Å². The van der Waals surface area contributed by atoms with Gasteiger partial charge in [0.25, 0.3) is 0 Å². The smallest absolute Gasteiger partial charge is 0.244 e. The van der Waals surface area contributed by atoms with Crippen molar-refractivity contribution in [2.75, 3.05) is 12.3 Å². The van der Waals surface area contributed by atoms with E-state index in [2.05, 4.69) is 5.32 Å². The predicted octanol–water partition coefficient (Wildman–Crippen LogP) is -0.537. The van der Waals surface area contributed by atoms with Gasteiger partial charge in [0, 0.05) is 0 Å². The molecule has 6 nitrogen and oxygen atoms in total. The van der Waals surface area contributed by atoms with Gasteiger partial charge in [-0.15, -0.1) is 0 Å². The Labute approximate surface area is 95.0 Å². The minimum Gasteiger partial charge on any atom is -0.294 e. The third-order valence-corrected chi connectivity index (χ3v) is 4.45. The molecule has 1 N–H and O–H groups in total. The second kappa shape index (κ2) is 4.92. The molecule has 1 atom stereocenters. The van der Waals surface area contributed by atoms with E-state index in [9.17, 15) is 18.0 Å². The van der Waals surface area contributed by atoms with Crippen molar-refractivity contribution in [3.05, 3.63) is 0 Å². The van der Waals surface area contributed by atoms with Crippen LogP contribution in [0.1, 0.15) is 26.7 Å². The van der Waals surface area contributed by atoms with E-state index in [-0.39, 0.29) is 12.3 Å². The fourth-order valence-corrected chi connectivity index (χ4v) is 3.25. The summed E-state index contributed by atoms with van der Waals surface area (Å²) >= 11 is 0. The molecule has 1 unspecified atom stereocenters. The summed E-state index contributed by atoms with van der Waals surface area (Å²) in [6.07, 6.45) is 1.28. The van der Waals surface area contributed by atoms with Gasteiger partial charge in [-0.2, -0.15) is 4.31 Å². The second-order valence-electron chi connectivity index (χ2n) is 3.80. The maximum absolute atomic E-state index is 11.8. The molecular formula is C9H16N2O4S. The molecule has 0 saturated carbocycles. The van der Waals surface area contributed by atoms with Crippen LogP contribution in [0.3, 0.4) is 0 Å². The van der Waals surface area contributed by atoms with Crippen molar-refractivity contribution in [2.45, 2.75) is 32.7 Å².